The molecule has 1 amide bonds. The fraction of sp³-hybridized carbons (Fsp3) is 0.273. The molecule has 2 aromatic carbocycles. The van der Waals surface area contributed by atoms with Crippen molar-refractivity contribution in [3.05, 3.63) is 70.6 Å². The van der Waals surface area contributed by atoms with Gasteiger partial charge in [-0.25, -0.2) is 4.98 Å². The van der Waals surface area contributed by atoms with E-state index in [2.05, 4.69) is 60.5 Å². The molecule has 1 aromatic heterocycles. The van der Waals surface area contributed by atoms with E-state index in [9.17, 15) is 4.79 Å². The molecule has 0 fully saturated rings. The van der Waals surface area contributed by atoms with Crippen molar-refractivity contribution in [2.45, 2.75) is 38.2 Å². The molecule has 0 saturated carbocycles. The summed E-state index contributed by atoms with van der Waals surface area (Å²) in [5.41, 5.74) is 5.82. The Labute approximate surface area is 169 Å². The number of rotatable bonds is 7. The van der Waals surface area contributed by atoms with Crippen LogP contribution in [0.1, 0.15) is 30.5 Å². The Bertz CT molecular complexity index is 903. The molecule has 1 N–H and O–H groups in total. The number of anilines is 1. The fourth-order valence-corrected chi connectivity index (χ4v) is 4.33. The summed E-state index contributed by atoms with van der Waals surface area (Å²) in [5, 5.41) is 5.45. The van der Waals surface area contributed by atoms with Gasteiger partial charge in [-0.1, -0.05) is 55.5 Å². The summed E-state index contributed by atoms with van der Waals surface area (Å²) in [4.78, 5) is 17.1. The van der Waals surface area contributed by atoms with Gasteiger partial charge in [0, 0.05) is 16.7 Å². The van der Waals surface area contributed by atoms with Crippen LogP contribution in [-0.4, -0.2) is 16.1 Å². The first kappa shape index (κ1) is 19.6. The van der Waals surface area contributed by atoms with Crippen LogP contribution in [0.5, 0.6) is 0 Å². The van der Waals surface area contributed by atoms with E-state index in [1.807, 2.05) is 24.4 Å². The summed E-state index contributed by atoms with van der Waals surface area (Å²) in [7, 11) is 0. The summed E-state index contributed by atoms with van der Waals surface area (Å²) in [5.74, 6) is 0.824. The lowest BCUT2D eigenvalue weighted by atomic mass is 10.1. The van der Waals surface area contributed by atoms with Gasteiger partial charge in [-0.2, -0.15) is 0 Å². The summed E-state index contributed by atoms with van der Waals surface area (Å²) >= 11 is 3.11. The molecular formula is C22H24N2OS2. The highest BCUT2D eigenvalue weighted by Crippen LogP contribution is 2.26. The monoisotopic (exact) mass is 396 g/mol. The van der Waals surface area contributed by atoms with Crippen LogP contribution in [0, 0.1) is 6.92 Å². The molecule has 0 aliphatic rings. The number of amides is 1. The van der Waals surface area contributed by atoms with Gasteiger partial charge < -0.3 is 5.32 Å². The molecule has 0 aliphatic heterocycles. The molecule has 0 aliphatic carbocycles. The minimum atomic E-state index is -0.138. The number of carbonyl (C=O) groups excluding carboxylic acids is 1. The minimum Gasteiger partial charge on any atom is -0.301 e. The third kappa shape index (κ3) is 5.21. The van der Waals surface area contributed by atoms with Crippen molar-refractivity contribution in [3.8, 4) is 11.3 Å². The first-order valence-electron chi connectivity index (χ1n) is 9.08. The summed E-state index contributed by atoms with van der Waals surface area (Å²) in [6.07, 6.45) is 1.02. The predicted molar refractivity (Wildman–Crippen MR) is 117 cm³/mol. The van der Waals surface area contributed by atoms with Crippen LogP contribution in [0.4, 0.5) is 5.13 Å². The van der Waals surface area contributed by atoms with Gasteiger partial charge in [-0.05, 0) is 37.0 Å². The Hall–Kier alpha value is -2.11. The van der Waals surface area contributed by atoms with Crippen molar-refractivity contribution in [1.29, 1.82) is 0 Å². The van der Waals surface area contributed by atoms with Crippen LogP contribution in [0.3, 0.4) is 0 Å². The van der Waals surface area contributed by atoms with Crippen LogP contribution in [0.25, 0.3) is 11.3 Å². The molecule has 3 rings (SSSR count). The lowest BCUT2D eigenvalue weighted by Crippen LogP contribution is -2.22. The second kappa shape index (κ2) is 9.20. The van der Waals surface area contributed by atoms with Gasteiger partial charge in [0.1, 0.15) is 0 Å². The van der Waals surface area contributed by atoms with Gasteiger partial charge in [0.05, 0.1) is 10.9 Å². The molecule has 3 aromatic rings. The normalized spacial score (nSPS) is 12.0. The number of hydrogen-bond donors (Lipinski definition) is 1. The molecule has 140 valence electrons. The minimum absolute atomic E-state index is 0.00387. The third-order valence-electron chi connectivity index (χ3n) is 4.51. The van der Waals surface area contributed by atoms with E-state index in [0.29, 0.717) is 5.13 Å². The molecule has 0 spiro atoms. The van der Waals surface area contributed by atoms with Crippen LogP contribution in [-0.2, 0) is 17.0 Å². The molecule has 0 radical (unpaired) electrons. The standard InChI is InChI=1S/C22H24N2OS2/c1-4-17-9-11-18(12-10-17)20-14-27-22(23-20)24-21(25)16(3)26-13-19-8-6-5-7-15(19)2/h5-12,14,16H,4,13H2,1-3H3,(H,23,24,25)/t16-/m1/s1. The van der Waals surface area contributed by atoms with Crippen molar-refractivity contribution in [1.82, 2.24) is 4.98 Å². The van der Waals surface area contributed by atoms with Crippen molar-refractivity contribution in [2.75, 3.05) is 5.32 Å². The smallest absolute Gasteiger partial charge is 0.238 e. The predicted octanol–water partition coefficient (Wildman–Crippen LogP) is 5.94. The Morgan fingerprint density at radius 2 is 1.93 bits per heavy atom. The summed E-state index contributed by atoms with van der Waals surface area (Å²) < 4.78 is 0. The van der Waals surface area contributed by atoms with E-state index < -0.39 is 0 Å². The Morgan fingerprint density at radius 3 is 2.63 bits per heavy atom. The van der Waals surface area contributed by atoms with Crippen molar-refractivity contribution >= 4 is 34.1 Å². The zero-order valence-electron chi connectivity index (χ0n) is 15.9. The number of nitrogens with one attached hydrogen (secondary N) is 1. The molecule has 5 heteroatoms. The number of aromatic nitrogens is 1. The van der Waals surface area contributed by atoms with Gasteiger partial charge in [0.15, 0.2) is 5.13 Å². The Kier molecular flexibility index (Phi) is 6.69. The first-order valence-corrected chi connectivity index (χ1v) is 11.0. The molecule has 0 unspecified atom stereocenters. The van der Waals surface area contributed by atoms with Crippen molar-refractivity contribution in [3.63, 3.8) is 0 Å². The van der Waals surface area contributed by atoms with Crippen LogP contribution < -0.4 is 5.32 Å². The second-order valence-electron chi connectivity index (χ2n) is 6.46. The van der Waals surface area contributed by atoms with E-state index in [4.69, 9.17) is 0 Å². The molecule has 3 nitrogen and oxygen atoms in total. The van der Waals surface area contributed by atoms with Crippen LogP contribution in [0.15, 0.2) is 53.9 Å². The maximum Gasteiger partial charge on any atom is 0.238 e. The molecule has 27 heavy (non-hydrogen) atoms. The maximum absolute atomic E-state index is 12.5. The lowest BCUT2D eigenvalue weighted by Gasteiger charge is -2.11. The highest BCUT2D eigenvalue weighted by atomic mass is 32.2. The SMILES string of the molecule is CCc1ccc(-c2csc(NC(=O)[C@@H](C)SCc3ccccc3C)n2)cc1. The van der Waals surface area contributed by atoms with Crippen LogP contribution >= 0.6 is 23.1 Å². The van der Waals surface area contributed by atoms with Gasteiger partial charge >= 0.3 is 0 Å². The highest BCUT2D eigenvalue weighted by Gasteiger charge is 2.16. The molecule has 0 saturated heterocycles. The quantitative estimate of drug-likeness (QED) is 0.537. The molecular weight excluding hydrogens is 372 g/mol. The van der Waals surface area contributed by atoms with Crippen molar-refractivity contribution in [2.24, 2.45) is 0 Å². The molecule has 1 atom stereocenters. The van der Waals surface area contributed by atoms with E-state index >= 15 is 0 Å². The number of thioether (sulfide) groups is 1. The first-order chi connectivity index (χ1) is 13.1. The van der Waals surface area contributed by atoms with Crippen LogP contribution in [0.2, 0.25) is 0 Å². The second-order valence-corrected chi connectivity index (χ2v) is 8.64. The largest absolute Gasteiger partial charge is 0.301 e. The van der Waals surface area contributed by atoms with Gasteiger partial charge in [-0.3, -0.25) is 4.79 Å². The number of thiazole rings is 1. The molecule has 1 heterocycles. The molecule has 0 bridgehead atoms. The Morgan fingerprint density at radius 1 is 1.19 bits per heavy atom. The fourth-order valence-electron chi connectivity index (χ4n) is 2.64. The third-order valence-corrected chi connectivity index (χ3v) is 6.46. The number of benzene rings is 2. The highest BCUT2D eigenvalue weighted by molar-refractivity contribution is 7.99. The average molecular weight is 397 g/mol. The number of hydrogen-bond acceptors (Lipinski definition) is 4. The summed E-state index contributed by atoms with van der Waals surface area (Å²) in [6.45, 7) is 6.19. The van der Waals surface area contributed by atoms with E-state index in [1.165, 1.54) is 28.0 Å². The zero-order valence-corrected chi connectivity index (χ0v) is 17.5. The zero-order chi connectivity index (χ0) is 19.2. The lowest BCUT2D eigenvalue weighted by molar-refractivity contribution is -0.115. The topological polar surface area (TPSA) is 42.0 Å². The average Bonchev–Trinajstić information content (AvgIpc) is 3.15. The van der Waals surface area contributed by atoms with E-state index in [0.717, 1.165) is 23.4 Å². The van der Waals surface area contributed by atoms with Gasteiger partial charge in [0.25, 0.3) is 0 Å². The van der Waals surface area contributed by atoms with Gasteiger partial charge in [-0.15, -0.1) is 23.1 Å². The number of nitrogens with zero attached hydrogens (tertiary/aromatic N) is 1. The van der Waals surface area contributed by atoms with Gasteiger partial charge in [0.2, 0.25) is 5.91 Å². The van der Waals surface area contributed by atoms with Crippen molar-refractivity contribution < 1.29 is 4.79 Å². The Balaban J connectivity index is 1.57. The van der Waals surface area contributed by atoms with E-state index in [1.54, 1.807) is 11.8 Å². The number of aryl methyl sites for hydroxylation is 2. The summed E-state index contributed by atoms with van der Waals surface area (Å²) in [6, 6.07) is 16.7. The number of carbonyl (C=O) groups is 1. The van der Waals surface area contributed by atoms with E-state index in [-0.39, 0.29) is 11.2 Å². The maximum atomic E-state index is 12.5.